The summed E-state index contributed by atoms with van der Waals surface area (Å²) in [6.07, 6.45) is 0.960. The van der Waals surface area contributed by atoms with Crippen molar-refractivity contribution >= 4 is 11.9 Å². The predicted molar refractivity (Wildman–Crippen MR) is 96.9 cm³/mol. The highest BCUT2D eigenvalue weighted by atomic mass is 16.6. The first-order valence-corrected chi connectivity index (χ1v) is 8.33. The van der Waals surface area contributed by atoms with Crippen LogP contribution in [0.4, 0.5) is 0 Å². The average Bonchev–Trinajstić information content (AvgIpc) is 2.66. The summed E-state index contributed by atoms with van der Waals surface area (Å²) in [5.74, 6) is -0.971. The first-order chi connectivity index (χ1) is 12.9. The number of amides is 1. The zero-order valence-corrected chi connectivity index (χ0v) is 15.3. The molecule has 0 saturated heterocycles. The van der Waals surface area contributed by atoms with Gasteiger partial charge in [-0.3, -0.25) is 4.79 Å². The number of hydrogen-bond donors (Lipinski definition) is 2. The summed E-state index contributed by atoms with van der Waals surface area (Å²) < 4.78 is 15.7. The van der Waals surface area contributed by atoms with E-state index in [-0.39, 0.29) is 24.2 Å². The fourth-order valence-electron chi connectivity index (χ4n) is 2.18. The number of benzene rings is 1. The van der Waals surface area contributed by atoms with Crippen molar-refractivity contribution in [2.75, 3.05) is 13.7 Å². The van der Waals surface area contributed by atoms with Gasteiger partial charge in [-0.05, 0) is 26.0 Å². The zero-order chi connectivity index (χ0) is 19.8. The average molecular weight is 374 g/mol. The summed E-state index contributed by atoms with van der Waals surface area (Å²) in [5, 5.41) is 12.4. The Balaban J connectivity index is 1.85. The molecular formula is C19H22N2O6. The van der Waals surface area contributed by atoms with E-state index in [1.807, 2.05) is 18.2 Å². The number of para-hydroxylation sites is 1. The second-order valence-electron chi connectivity index (χ2n) is 5.78. The molecule has 8 nitrogen and oxygen atoms in total. The number of pyridine rings is 1. The molecule has 1 aromatic carbocycles. The molecule has 0 aliphatic heterocycles. The number of nitrogens with one attached hydrogen (secondary N) is 1. The lowest BCUT2D eigenvalue weighted by atomic mass is 10.2. The molecule has 0 radical (unpaired) electrons. The number of nitrogens with zero attached hydrogens (tertiary/aromatic N) is 1. The fourth-order valence-corrected chi connectivity index (χ4v) is 2.18. The van der Waals surface area contributed by atoms with E-state index in [1.165, 1.54) is 26.3 Å². The van der Waals surface area contributed by atoms with Crippen LogP contribution in [0.25, 0.3) is 0 Å². The number of rotatable bonds is 8. The quantitative estimate of drug-likeness (QED) is 0.680. The third-order valence-corrected chi connectivity index (χ3v) is 3.56. The number of carbonyl (C=O) groups is 2. The minimum atomic E-state index is -0.936. The van der Waals surface area contributed by atoms with E-state index >= 15 is 0 Å². The standard InChI is InChI=1S/C19H22N2O6/c1-12(27-14-7-5-4-6-8-14)11-26-19(24)13(2)21-18(23)16-17(22)15(25-3)9-10-20-16/h4-10,12-13,22H,11H2,1-3H3,(H,21,23)/t12-,13+/m1/s1. The van der Waals surface area contributed by atoms with E-state index in [0.717, 1.165) is 0 Å². The SMILES string of the molecule is COc1ccnc(C(=O)N[C@@H](C)C(=O)OC[C@@H](C)Oc2ccccc2)c1O. The molecule has 2 aromatic rings. The van der Waals surface area contributed by atoms with Crippen molar-refractivity contribution in [2.24, 2.45) is 0 Å². The number of aromatic nitrogens is 1. The monoisotopic (exact) mass is 374 g/mol. The summed E-state index contributed by atoms with van der Waals surface area (Å²) >= 11 is 0. The Bertz CT molecular complexity index is 781. The molecule has 0 fully saturated rings. The van der Waals surface area contributed by atoms with Gasteiger partial charge in [-0.2, -0.15) is 0 Å². The molecule has 2 N–H and O–H groups in total. The van der Waals surface area contributed by atoms with Crippen molar-refractivity contribution in [3.63, 3.8) is 0 Å². The molecule has 27 heavy (non-hydrogen) atoms. The Morgan fingerprint density at radius 3 is 2.56 bits per heavy atom. The van der Waals surface area contributed by atoms with Gasteiger partial charge in [0, 0.05) is 12.3 Å². The Kier molecular flexibility index (Phi) is 6.99. The summed E-state index contributed by atoms with van der Waals surface area (Å²) in [4.78, 5) is 28.1. The topological polar surface area (TPSA) is 107 Å². The van der Waals surface area contributed by atoms with Crippen LogP contribution in [0, 0.1) is 0 Å². The molecule has 0 aliphatic rings. The van der Waals surface area contributed by atoms with Gasteiger partial charge in [-0.1, -0.05) is 18.2 Å². The molecule has 0 bridgehead atoms. The van der Waals surface area contributed by atoms with E-state index < -0.39 is 23.7 Å². The molecule has 2 rings (SSSR count). The minimum absolute atomic E-state index is 0.0244. The maximum atomic E-state index is 12.2. The number of methoxy groups -OCH3 is 1. The van der Waals surface area contributed by atoms with Gasteiger partial charge in [-0.15, -0.1) is 0 Å². The summed E-state index contributed by atoms with van der Waals surface area (Å²) in [6.45, 7) is 3.26. The van der Waals surface area contributed by atoms with Crippen LogP contribution < -0.4 is 14.8 Å². The second-order valence-corrected chi connectivity index (χ2v) is 5.78. The van der Waals surface area contributed by atoms with Crippen molar-refractivity contribution < 1.29 is 28.9 Å². The van der Waals surface area contributed by atoms with Gasteiger partial charge in [0.1, 0.15) is 24.5 Å². The molecule has 0 aliphatic carbocycles. The lowest BCUT2D eigenvalue weighted by molar-refractivity contribution is -0.147. The maximum Gasteiger partial charge on any atom is 0.328 e. The van der Waals surface area contributed by atoms with E-state index in [0.29, 0.717) is 5.75 Å². The third-order valence-electron chi connectivity index (χ3n) is 3.56. The number of ether oxygens (including phenoxy) is 3. The van der Waals surface area contributed by atoms with Gasteiger partial charge in [0.05, 0.1) is 7.11 Å². The van der Waals surface area contributed by atoms with Crippen LogP contribution in [0.3, 0.4) is 0 Å². The van der Waals surface area contributed by atoms with Crippen molar-refractivity contribution in [3.05, 3.63) is 48.3 Å². The molecule has 1 aromatic heterocycles. The first kappa shape index (κ1) is 20.0. The molecule has 144 valence electrons. The van der Waals surface area contributed by atoms with E-state index in [1.54, 1.807) is 19.1 Å². The van der Waals surface area contributed by atoms with Crippen LogP contribution >= 0.6 is 0 Å². The summed E-state index contributed by atoms with van der Waals surface area (Å²) in [7, 11) is 1.36. The zero-order valence-electron chi connectivity index (χ0n) is 15.3. The van der Waals surface area contributed by atoms with Gasteiger partial charge >= 0.3 is 5.97 Å². The highest BCUT2D eigenvalue weighted by molar-refractivity contribution is 5.97. The Hall–Kier alpha value is -3.29. The summed E-state index contributed by atoms with van der Waals surface area (Å²) in [5.41, 5.74) is -0.241. The van der Waals surface area contributed by atoms with Crippen LogP contribution in [0.15, 0.2) is 42.6 Å². The van der Waals surface area contributed by atoms with Gasteiger partial charge in [0.2, 0.25) is 0 Å². The number of hydrogen-bond acceptors (Lipinski definition) is 7. The molecular weight excluding hydrogens is 352 g/mol. The minimum Gasteiger partial charge on any atom is -0.503 e. The maximum absolute atomic E-state index is 12.2. The van der Waals surface area contributed by atoms with E-state index in [9.17, 15) is 14.7 Å². The number of aromatic hydroxyl groups is 1. The van der Waals surface area contributed by atoms with Crippen LogP contribution in [0.1, 0.15) is 24.3 Å². The smallest absolute Gasteiger partial charge is 0.328 e. The normalized spacial score (nSPS) is 12.6. The highest BCUT2D eigenvalue weighted by Gasteiger charge is 2.23. The Morgan fingerprint density at radius 2 is 1.89 bits per heavy atom. The predicted octanol–water partition coefficient (Wildman–Crippen LogP) is 1.92. The fraction of sp³-hybridized carbons (Fsp3) is 0.316. The van der Waals surface area contributed by atoms with Crippen LogP contribution in [0.5, 0.6) is 17.2 Å². The molecule has 0 spiro atoms. The molecule has 0 unspecified atom stereocenters. The van der Waals surface area contributed by atoms with E-state index in [2.05, 4.69) is 10.3 Å². The second kappa shape index (κ2) is 9.42. The van der Waals surface area contributed by atoms with Gasteiger partial charge in [0.15, 0.2) is 17.2 Å². The van der Waals surface area contributed by atoms with Gasteiger partial charge in [0.25, 0.3) is 5.91 Å². The van der Waals surface area contributed by atoms with Crippen LogP contribution in [0.2, 0.25) is 0 Å². The van der Waals surface area contributed by atoms with Gasteiger partial charge in [-0.25, -0.2) is 9.78 Å². The largest absolute Gasteiger partial charge is 0.503 e. The van der Waals surface area contributed by atoms with Crippen LogP contribution in [-0.4, -0.2) is 47.8 Å². The molecule has 8 heteroatoms. The van der Waals surface area contributed by atoms with Crippen molar-refractivity contribution in [3.8, 4) is 17.2 Å². The van der Waals surface area contributed by atoms with Crippen molar-refractivity contribution in [1.82, 2.24) is 10.3 Å². The van der Waals surface area contributed by atoms with E-state index in [4.69, 9.17) is 14.2 Å². The Morgan fingerprint density at radius 1 is 1.19 bits per heavy atom. The number of carbonyl (C=O) groups excluding carboxylic acids is 2. The van der Waals surface area contributed by atoms with Crippen LogP contribution in [-0.2, 0) is 9.53 Å². The molecule has 1 amide bonds. The van der Waals surface area contributed by atoms with Crippen molar-refractivity contribution in [1.29, 1.82) is 0 Å². The first-order valence-electron chi connectivity index (χ1n) is 8.33. The molecule has 2 atom stereocenters. The lowest BCUT2D eigenvalue weighted by Gasteiger charge is -2.17. The number of esters is 1. The molecule has 0 saturated carbocycles. The van der Waals surface area contributed by atoms with Crippen molar-refractivity contribution in [2.45, 2.75) is 26.0 Å². The molecule has 1 heterocycles. The highest BCUT2D eigenvalue weighted by Crippen LogP contribution is 2.27. The summed E-state index contributed by atoms with van der Waals surface area (Å²) in [6, 6.07) is 9.63. The van der Waals surface area contributed by atoms with Gasteiger partial charge < -0.3 is 24.6 Å². The third kappa shape index (κ3) is 5.60. The Labute approximate surface area is 157 Å². The lowest BCUT2D eigenvalue weighted by Crippen LogP contribution is -2.40.